The molecule has 4 rings (SSSR count). The first-order valence-electron chi connectivity index (χ1n) is 10.5. The van der Waals surface area contributed by atoms with Gasteiger partial charge in [-0.15, -0.1) is 0 Å². The van der Waals surface area contributed by atoms with Gasteiger partial charge in [0.25, 0.3) is 0 Å². The fourth-order valence-corrected chi connectivity index (χ4v) is 5.97. The third-order valence-electron chi connectivity index (χ3n) is 7.20. The maximum Gasteiger partial charge on any atom is 0.338 e. The predicted octanol–water partition coefficient (Wildman–Crippen LogP) is 3.54. The standard InChI is InChI=1S/C23H32O6/c1-12(2)19-14-10-23(4)20(29-23)15(14)9-22(3,26)11-18(19)28-21(25)13-6-7-16(24)17(8-13)27-5/h6-8,12,14-15,18-20,24,26H,9-11H2,1-5H3/t14-,15+,18-,19+,20+,22-,23-/m1/s1. The topological polar surface area (TPSA) is 88.5 Å². The molecule has 1 saturated heterocycles. The van der Waals surface area contributed by atoms with Crippen LogP contribution in [-0.4, -0.2) is 46.7 Å². The molecule has 2 saturated carbocycles. The molecule has 0 bridgehead atoms. The zero-order valence-electron chi connectivity index (χ0n) is 17.8. The van der Waals surface area contributed by atoms with E-state index in [-0.39, 0.29) is 35.2 Å². The van der Waals surface area contributed by atoms with Gasteiger partial charge in [-0.1, -0.05) is 13.8 Å². The van der Waals surface area contributed by atoms with Crippen molar-refractivity contribution in [1.82, 2.24) is 0 Å². The number of aliphatic hydroxyl groups is 1. The lowest BCUT2D eigenvalue weighted by Gasteiger charge is -2.36. The van der Waals surface area contributed by atoms with Gasteiger partial charge < -0.3 is 24.4 Å². The van der Waals surface area contributed by atoms with Gasteiger partial charge in [0.1, 0.15) is 6.10 Å². The number of fused-ring (bicyclic) bond motifs is 3. The summed E-state index contributed by atoms with van der Waals surface area (Å²) in [5.41, 5.74) is -0.678. The van der Waals surface area contributed by atoms with Gasteiger partial charge >= 0.3 is 5.97 Å². The van der Waals surface area contributed by atoms with Gasteiger partial charge in [-0.3, -0.25) is 0 Å². The molecule has 1 aromatic rings. The van der Waals surface area contributed by atoms with Crippen LogP contribution in [0.3, 0.4) is 0 Å². The van der Waals surface area contributed by atoms with Gasteiger partial charge in [-0.25, -0.2) is 4.79 Å². The van der Waals surface area contributed by atoms with Crippen molar-refractivity contribution in [3.63, 3.8) is 0 Å². The molecule has 0 spiro atoms. The second-order valence-electron chi connectivity index (χ2n) is 9.94. The van der Waals surface area contributed by atoms with Crippen molar-refractivity contribution >= 4 is 5.97 Å². The van der Waals surface area contributed by atoms with Crippen LogP contribution < -0.4 is 4.74 Å². The number of benzene rings is 1. The van der Waals surface area contributed by atoms with Gasteiger partial charge in [-0.2, -0.15) is 0 Å². The van der Waals surface area contributed by atoms with E-state index in [1.165, 1.54) is 25.3 Å². The summed E-state index contributed by atoms with van der Waals surface area (Å²) in [4.78, 5) is 12.9. The zero-order valence-corrected chi connectivity index (χ0v) is 17.8. The second kappa shape index (κ2) is 6.88. The van der Waals surface area contributed by atoms with E-state index in [1.807, 2.05) is 6.92 Å². The average Bonchev–Trinajstić information content (AvgIpc) is 3.24. The van der Waals surface area contributed by atoms with Crippen molar-refractivity contribution in [3.05, 3.63) is 23.8 Å². The first kappa shape index (κ1) is 20.5. The molecule has 160 valence electrons. The Morgan fingerprint density at radius 1 is 1.21 bits per heavy atom. The molecule has 0 amide bonds. The Hall–Kier alpha value is -1.79. The number of esters is 1. The fourth-order valence-electron chi connectivity index (χ4n) is 5.97. The molecule has 2 aliphatic carbocycles. The molecule has 3 fully saturated rings. The van der Waals surface area contributed by atoms with Crippen molar-refractivity contribution in [2.75, 3.05) is 7.11 Å². The predicted molar refractivity (Wildman–Crippen MR) is 107 cm³/mol. The number of rotatable bonds is 4. The van der Waals surface area contributed by atoms with Crippen LogP contribution in [0.2, 0.25) is 0 Å². The summed E-state index contributed by atoms with van der Waals surface area (Å²) in [6, 6.07) is 4.44. The summed E-state index contributed by atoms with van der Waals surface area (Å²) >= 11 is 0. The number of aromatic hydroxyl groups is 1. The molecular weight excluding hydrogens is 372 g/mol. The first-order valence-corrected chi connectivity index (χ1v) is 10.5. The third-order valence-corrected chi connectivity index (χ3v) is 7.20. The number of phenolic OH excluding ortho intramolecular Hbond substituents is 1. The van der Waals surface area contributed by atoms with E-state index < -0.39 is 11.6 Å². The van der Waals surface area contributed by atoms with Crippen LogP contribution in [0.5, 0.6) is 11.5 Å². The molecule has 1 heterocycles. The largest absolute Gasteiger partial charge is 0.504 e. The number of hydrogen-bond acceptors (Lipinski definition) is 6. The number of ether oxygens (including phenoxy) is 3. The Morgan fingerprint density at radius 2 is 1.93 bits per heavy atom. The number of epoxide rings is 1. The van der Waals surface area contributed by atoms with Gasteiger partial charge in [0.15, 0.2) is 11.5 Å². The summed E-state index contributed by atoms with van der Waals surface area (Å²) in [6.07, 6.45) is 1.85. The van der Waals surface area contributed by atoms with E-state index in [2.05, 4.69) is 20.8 Å². The molecular formula is C23H32O6. The van der Waals surface area contributed by atoms with Gasteiger partial charge in [-0.05, 0) is 62.6 Å². The number of phenols is 1. The van der Waals surface area contributed by atoms with Crippen LogP contribution in [0.15, 0.2) is 18.2 Å². The minimum absolute atomic E-state index is 0.0252. The Morgan fingerprint density at radius 3 is 2.59 bits per heavy atom. The lowest BCUT2D eigenvalue weighted by molar-refractivity contribution is -0.0394. The highest BCUT2D eigenvalue weighted by Crippen LogP contribution is 2.62. The smallest absolute Gasteiger partial charge is 0.338 e. The van der Waals surface area contributed by atoms with Crippen molar-refractivity contribution in [2.45, 2.75) is 70.4 Å². The summed E-state index contributed by atoms with van der Waals surface area (Å²) in [7, 11) is 1.44. The fraction of sp³-hybridized carbons (Fsp3) is 0.696. The molecule has 3 aliphatic rings. The van der Waals surface area contributed by atoms with E-state index in [4.69, 9.17) is 14.2 Å². The lowest BCUT2D eigenvalue weighted by Crippen LogP contribution is -2.38. The zero-order chi connectivity index (χ0) is 21.1. The minimum atomic E-state index is -0.915. The SMILES string of the molecule is COc1cc(C(=O)O[C@@H]2C[C@](C)(O)C[C@H]3[C@@H](C[C@@]4(C)O[C@@H]34)[C@@H]2C(C)C)ccc1O. The summed E-state index contributed by atoms with van der Waals surface area (Å²) in [5, 5.41) is 20.9. The number of methoxy groups -OCH3 is 1. The highest BCUT2D eigenvalue weighted by Gasteiger charge is 2.68. The van der Waals surface area contributed by atoms with Crippen molar-refractivity contribution in [2.24, 2.45) is 23.7 Å². The van der Waals surface area contributed by atoms with Crippen LogP contribution >= 0.6 is 0 Å². The number of carbonyl (C=O) groups excluding carboxylic acids is 1. The Bertz CT molecular complexity index is 803. The molecule has 1 aromatic carbocycles. The monoisotopic (exact) mass is 404 g/mol. The Labute approximate surface area is 172 Å². The molecule has 0 unspecified atom stereocenters. The molecule has 2 N–H and O–H groups in total. The van der Waals surface area contributed by atoms with Crippen LogP contribution in [0.25, 0.3) is 0 Å². The van der Waals surface area contributed by atoms with Crippen LogP contribution in [0.1, 0.15) is 57.3 Å². The molecule has 6 nitrogen and oxygen atoms in total. The molecule has 0 aromatic heterocycles. The third kappa shape index (κ3) is 3.61. The van der Waals surface area contributed by atoms with Gasteiger partial charge in [0, 0.05) is 12.3 Å². The number of hydrogen-bond donors (Lipinski definition) is 2. The van der Waals surface area contributed by atoms with Crippen LogP contribution in [0.4, 0.5) is 0 Å². The van der Waals surface area contributed by atoms with E-state index in [9.17, 15) is 15.0 Å². The normalized spacial score (nSPS) is 40.7. The second-order valence-corrected chi connectivity index (χ2v) is 9.94. The molecule has 0 radical (unpaired) electrons. The molecule has 7 atom stereocenters. The maximum atomic E-state index is 12.9. The van der Waals surface area contributed by atoms with Crippen molar-refractivity contribution < 1.29 is 29.2 Å². The van der Waals surface area contributed by atoms with E-state index in [0.29, 0.717) is 36.2 Å². The molecule has 29 heavy (non-hydrogen) atoms. The minimum Gasteiger partial charge on any atom is -0.504 e. The highest BCUT2D eigenvalue weighted by molar-refractivity contribution is 5.90. The van der Waals surface area contributed by atoms with Gasteiger partial charge in [0.2, 0.25) is 0 Å². The summed E-state index contributed by atoms with van der Waals surface area (Å²) < 4.78 is 17.1. The van der Waals surface area contributed by atoms with Crippen molar-refractivity contribution in [1.29, 1.82) is 0 Å². The Balaban J connectivity index is 1.61. The van der Waals surface area contributed by atoms with E-state index in [1.54, 1.807) is 0 Å². The van der Waals surface area contributed by atoms with Crippen LogP contribution in [0, 0.1) is 23.7 Å². The summed E-state index contributed by atoms with van der Waals surface area (Å²) in [6.45, 7) is 8.33. The lowest BCUT2D eigenvalue weighted by atomic mass is 9.74. The Kier molecular flexibility index (Phi) is 4.86. The van der Waals surface area contributed by atoms with Crippen LogP contribution in [-0.2, 0) is 9.47 Å². The van der Waals surface area contributed by atoms with E-state index in [0.717, 1.165) is 6.42 Å². The molecule has 1 aliphatic heterocycles. The maximum absolute atomic E-state index is 12.9. The quantitative estimate of drug-likeness (QED) is 0.589. The first-order chi connectivity index (χ1) is 13.5. The van der Waals surface area contributed by atoms with E-state index >= 15 is 0 Å². The summed E-state index contributed by atoms with van der Waals surface area (Å²) in [5.74, 6) is 0.866. The highest BCUT2D eigenvalue weighted by atomic mass is 16.6. The van der Waals surface area contributed by atoms with Crippen molar-refractivity contribution in [3.8, 4) is 11.5 Å². The average molecular weight is 405 g/mol. The van der Waals surface area contributed by atoms with Gasteiger partial charge in [0.05, 0.1) is 30.0 Å². The number of carbonyl (C=O) groups is 1. The molecule has 6 heteroatoms.